The van der Waals surface area contributed by atoms with Gasteiger partial charge in [-0.25, -0.2) is 0 Å². The van der Waals surface area contributed by atoms with Crippen molar-refractivity contribution in [1.29, 1.82) is 0 Å². The fourth-order valence-electron chi connectivity index (χ4n) is 1.84. The first kappa shape index (κ1) is 20.1. The van der Waals surface area contributed by atoms with Gasteiger partial charge in [0.15, 0.2) is 0 Å². The molecular formula is C13H23F5N2O. The minimum atomic E-state index is -5.87. The summed E-state index contributed by atoms with van der Waals surface area (Å²) in [6.45, 7) is 8.26. The molecule has 21 heavy (non-hydrogen) atoms. The molecule has 126 valence electrons. The Morgan fingerprint density at radius 2 is 1.48 bits per heavy atom. The van der Waals surface area contributed by atoms with E-state index >= 15 is 0 Å². The Hall–Kier alpha value is -0.920. The standard InChI is InChI=1S/C13H23F5N2O/c1-5-19(6-2)7-8-20(9-10(3)4)11(21)12(14,15)13(16,17)18/h10H,5-9H2,1-4H3. The van der Waals surface area contributed by atoms with Crippen molar-refractivity contribution < 1.29 is 26.7 Å². The summed E-state index contributed by atoms with van der Waals surface area (Å²) >= 11 is 0. The summed E-state index contributed by atoms with van der Waals surface area (Å²) in [7, 11) is 0. The van der Waals surface area contributed by atoms with Gasteiger partial charge in [-0.05, 0) is 19.0 Å². The molecule has 0 atom stereocenters. The van der Waals surface area contributed by atoms with Crippen molar-refractivity contribution in [2.45, 2.75) is 39.8 Å². The van der Waals surface area contributed by atoms with E-state index in [4.69, 9.17) is 0 Å². The highest BCUT2D eigenvalue weighted by molar-refractivity contribution is 5.84. The molecule has 0 saturated carbocycles. The number of hydrogen-bond donors (Lipinski definition) is 0. The summed E-state index contributed by atoms with van der Waals surface area (Å²) in [5.41, 5.74) is 0. The zero-order chi connectivity index (χ0) is 16.8. The third-order valence-corrected chi connectivity index (χ3v) is 3.08. The molecule has 0 fully saturated rings. The van der Waals surface area contributed by atoms with Crippen LogP contribution in [0.2, 0.25) is 0 Å². The van der Waals surface area contributed by atoms with Crippen molar-refractivity contribution in [3.8, 4) is 0 Å². The van der Waals surface area contributed by atoms with Crippen LogP contribution < -0.4 is 0 Å². The zero-order valence-electron chi connectivity index (χ0n) is 12.8. The fourth-order valence-corrected chi connectivity index (χ4v) is 1.84. The Morgan fingerprint density at radius 1 is 1.00 bits per heavy atom. The van der Waals surface area contributed by atoms with Crippen LogP contribution in [0.5, 0.6) is 0 Å². The maximum Gasteiger partial charge on any atom is 0.463 e. The number of amides is 1. The molecule has 0 aromatic heterocycles. The second-order valence-corrected chi connectivity index (χ2v) is 5.24. The van der Waals surface area contributed by atoms with E-state index in [1.165, 1.54) is 0 Å². The molecule has 1 amide bonds. The van der Waals surface area contributed by atoms with E-state index in [9.17, 15) is 26.7 Å². The first-order chi connectivity index (χ1) is 9.47. The third-order valence-electron chi connectivity index (χ3n) is 3.08. The topological polar surface area (TPSA) is 23.6 Å². The minimum absolute atomic E-state index is 0.133. The van der Waals surface area contributed by atoms with Crippen LogP contribution in [0.15, 0.2) is 0 Å². The van der Waals surface area contributed by atoms with Crippen LogP contribution in [0.25, 0.3) is 0 Å². The highest BCUT2D eigenvalue weighted by atomic mass is 19.4. The van der Waals surface area contributed by atoms with Crippen molar-refractivity contribution in [3.63, 3.8) is 0 Å². The lowest BCUT2D eigenvalue weighted by Gasteiger charge is -2.31. The molecule has 3 nitrogen and oxygen atoms in total. The van der Waals surface area contributed by atoms with E-state index < -0.39 is 18.0 Å². The lowest BCUT2D eigenvalue weighted by Crippen LogP contribution is -2.54. The number of nitrogens with zero attached hydrogens (tertiary/aromatic N) is 2. The van der Waals surface area contributed by atoms with E-state index in [1.807, 2.05) is 18.7 Å². The van der Waals surface area contributed by atoms with Crippen LogP contribution in [0.3, 0.4) is 0 Å². The maximum atomic E-state index is 13.2. The van der Waals surface area contributed by atoms with Gasteiger partial charge in [-0.3, -0.25) is 4.79 Å². The van der Waals surface area contributed by atoms with Gasteiger partial charge in [-0.2, -0.15) is 22.0 Å². The van der Waals surface area contributed by atoms with Crippen molar-refractivity contribution in [2.24, 2.45) is 5.92 Å². The zero-order valence-corrected chi connectivity index (χ0v) is 12.8. The van der Waals surface area contributed by atoms with E-state index in [1.54, 1.807) is 13.8 Å². The van der Waals surface area contributed by atoms with Gasteiger partial charge < -0.3 is 9.80 Å². The van der Waals surface area contributed by atoms with E-state index in [0.29, 0.717) is 18.0 Å². The van der Waals surface area contributed by atoms with Gasteiger partial charge in [0.25, 0.3) is 0 Å². The van der Waals surface area contributed by atoms with Crippen molar-refractivity contribution in [2.75, 3.05) is 32.7 Å². The largest absolute Gasteiger partial charge is 0.463 e. The summed E-state index contributed by atoms with van der Waals surface area (Å²) < 4.78 is 63.3. The number of rotatable bonds is 8. The van der Waals surface area contributed by atoms with Crippen molar-refractivity contribution >= 4 is 5.91 Å². The molecule has 0 saturated heterocycles. The maximum absolute atomic E-state index is 13.2. The van der Waals surface area contributed by atoms with Crippen LogP contribution in [-0.2, 0) is 4.79 Å². The molecule has 0 N–H and O–H groups in total. The molecule has 0 aromatic rings. The number of halogens is 5. The number of carbonyl (C=O) groups excluding carboxylic acids is 1. The Balaban J connectivity index is 5.02. The SMILES string of the molecule is CCN(CC)CCN(CC(C)C)C(=O)C(F)(F)C(F)(F)F. The molecule has 0 aliphatic heterocycles. The molecular weight excluding hydrogens is 295 g/mol. The predicted octanol–water partition coefficient (Wildman–Crippen LogP) is 3.01. The first-order valence-electron chi connectivity index (χ1n) is 6.93. The molecule has 0 aliphatic carbocycles. The van der Waals surface area contributed by atoms with Crippen LogP contribution in [-0.4, -0.2) is 60.5 Å². The van der Waals surface area contributed by atoms with Crippen LogP contribution in [0.4, 0.5) is 22.0 Å². The van der Waals surface area contributed by atoms with Gasteiger partial charge in [-0.15, -0.1) is 0 Å². The Labute approximate surface area is 122 Å². The van der Waals surface area contributed by atoms with Crippen molar-refractivity contribution in [3.05, 3.63) is 0 Å². The van der Waals surface area contributed by atoms with E-state index in [2.05, 4.69) is 0 Å². The Kier molecular flexibility index (Phi) is 7.56. The molecule has 0 heterocycles. The molecule has 0 unspecified atom stereocenters. The van der Waals surface area contributed by atoms with Crippen LogP contribution >= 0.6 is 0 Å². The second-order valence-electron chi connectivity index (χ2n) is 5.24. The third kappa shape index (κ3) is 5.76. The number of hydrogen-bond acceptors (Lipinski definition) is 2. The average molecular weight is 318 g/mol. The smallest absolute Gasteiger partial charge is 0.336 e. The monoisotopic (exact) mass is 318 g/mol. The number of likely N-dealkylation sites (N-methyl/N-ethyl adjacent to an activating group) is 1. The quantitative estimate of drug-likeness (QED) is 0.642. The second kappa shape index (κ2) is 7.91. The lowest BCUT2D eigenvalue weighted by molar-refractivity contribution is -0.274. The summed E-state index contributed by atoms with van der Waals surface area (Å²) in [5.74, 6) is -7.71. The fraction of sp³-hybridized carbons (Fsp3) is 0.923. The van der Waals surface area contributed by atoms with E-state index in [-0.39, 0.29) is 25.6 Å². The summed E-state index contributed by atoms with van der Waals surface area (Å²) in [6.07, 6.45) is -5.87. The minimum Gasteiger partial charge on any atom is -0.336 e. The lowest BCUT2D eigenvalue weighted by atomic mass is 10.1. The Morgan fingerprint density at radius 3 is 1.81 bits per heavy atom. The Bertz CT molecular complexity index is 327. The summed E-state index contributed by atoms with van der Waals surface area (Å²) in [4.78, 5) is 14.0. The van der Waals surface area contributed by atoms with Gasteiger partial charge in [0.05, 0.1) is 0 Å². The first-order valence-corrected chi connectivity index (χ1v) is 6.93. The molecule has 0 aliphatic rings. The van der Waals surface area contributed by atoms with Crippen molar-refractivity contribution in [1.82, 2.24) is 9.80 Å². The molecule has 8 heteroatoms. The van der Waals surface area contributed by atoms with Crippen LogP contribution in [0, 0.1) is 5.92 Å². The highest BCUT2D eigenvalue weighted by Gasteiger charge is 2.64. The number of carbonyl (C=O) groups is 1. The van der Waals surface area contributed by atoms with E-state index in [0.717, 1.165) is 0 Å². The highest BCUT2D eigenvalue weighted by Crippen LogP contribution is 2.37. The number of alkyl halides is 5. The molecule has 0 aromatic carbocycles. The molecule has 0 radical (unpaired) electrons. The van der Waals surface area contributed by atoms with Gasteiger partial charge >= 0.3 is 18.0 Å². The van der Waals surface area contributed by atoms with Crippen LogP contribution in [0.1, 0.15) is 27.7 Å². The molecule has 0 rings (SSSR count). The van der Waals surface area contributed by atoms with Gasteiger partial charge in [-0.1, -0.05) is 27.7 Å². The van der Waals surface area contributed by atoms with Gasteiger partial charge in [0.1, 0.15) is 0 Å². The molecule has 0 bridgehead atoms. The summed E-state index contributed by atoms with van der Waals surface area (Å²) in [5, 5.41) is 0. The normalized spacial score (nSPS) is 13.1. The average Bonchev–Trinajstić information content (AvgIpc) is 2.35. The molecule has 0 spiro atoms. The van der Waals surface area contributed by atoms with Gasteiger partial charge in [0, 0.05) is 19.6 Å². The van der Waals surface area contributed by atoms with Gasteiger partial charge in [0.2, 0.25) is 0 Å². The summed E-state index contributed by atoms with van der Waals surface area (Å²) in [6, 6.07) is 0. The predicted molar refractivity (Wildman–Crippen MR) is 70.2 cm³/mol.